The van der Waals surface area contributed by atoms with Crippen molar-refractivity contribution in [3.05, 3.63) is 46.8 Å². The first-order valence-electron chi connectivity index (χ1n) is 11.4. The average Bonchev–Trinajstić information content (AvgIpc) is 3.02. The quantitative estimate of drug-likeness (QED) is 0.678. The van der Waals surface area contributed by atoms with Crippen LogP contribution in [0.2, 0.25) is 0 Å². The van der Waals surface area contributed by atoms with Crippen molar-refractivity contribution in [2.24, 2.45) is 5.92 Å². The Bertz CT molecular complexity index is 1050. The Morgan fingerprint density at radius 1 is 1.16 bits per heavy atom. The van der Waals surface area contributed by atoms with Gasteiger partial charge in [0.05, 0.1) is 37.2 Å². The van der Waals surface area contributed by atoms with Crippen LogP contribution >= 0.6 is 0 Å². The molecule has 1 aliphatic heterocycles. The zero-order valence-electron chi connectivity index (χ0n) is 19.3. The van der Waals surface area contributed by atoms with Crippen LogP contribution in [0.4, 0.5) is 4.79 Å². The van der Waals surface area contributed by atoms with Gasteiger partial charge in [0.15, 0.2) is 0 Å². The predicted octanol–water partition coefficient (Wildman–Crippen LogP) is 3.93. The number of hydrogen-bond donors (Lipinski definition) is 0. The molecule has 2 bridgehead atoms. The van der Waals surface area contributed by atoms with Crippen molar-refractivity contribution < 1.29 is 19.1 Å². The molecule has 0 saturated heterocycles. The van der Waals surface area contributed by atoms with Crippen molar-refractivity contribution >= 4 is 12.1 Å². The molecule has 1 amide bonds. The van der Waals surface area contributed by atoms with Crippen molar-refractivity contribution in [1.29, 1.82) is 0 Å². The van der Waals surface area contributed by atoms with E-state index in [4.69, 9.17) is 14.6 Å². The molecule has 6 rings (SSSR count). The first-order valence-corrected chi connectivity index (χ1v) is 11.4. The van der Waals surface area contributed by atoms with Crippen molar-refractivity contribution in [2.75, 3.05) is 13.7 Å². The molecule has 2 heterocycles. The van der Waals surface area contributed by atoms with E-state index in [0.717, 1.165) is 22.9 Å². The lowest BCUT2D eigenvalue weighted by atomic mass is 9.42. The van der Waals surface area contributed by atoms with E-state index in [9.17, 15) is 9.59 Å². The third-order valence-corrected chi connectivity index (χ3v) is 7.09. The molecule has 4 aliphatic rings. The first-order chi connectivity index (χ1) is 15.2. The Balaban J connectivity index is 1.44. The molecule has 170 valence electrons. The van der Waals surface area contributed by atoms with Gasteiger partial charge in [-0.15, -0.1) is 0 Å². The zero-order chi connectivity index (χ0) is 22.7. The number of carbonyl (C=O) groups is 2. The normalized spacial score (nSPS) is 23.6. The molecule has 0 spiro atoms. The molecule has 7 nitrogen and oxygen atoms in total. The third-order valence-electron chi connectivity index (χ3n) is 7.09. The summed E-state index contributed by atoms with van der Waals surface area (Å²) >= 11 is 0. The summed E-state index contributed by atoms with van der Waals surface area (Å²) in [7, 11) is 1.38. The Morgan fingerprint density at radius 3 is 2.41 bits per heavy atom. The maximum atomic E-state index is 12.6. The van der Waals surface area contributed by atoms with Gasteiger partial charge in [-0.3, -0.25) is 4.79 Å². The summed E-state index contributed by atoms with van der Waals surface area (Å²) in [6, 6.07) is 8.72. The van der Waals surface area contributed by atoms with Crippen LogP contribution in [0.3, 0.4) is 0 Å². The lowest BCUT2D eigenvalue weighted by Gasteiger charge is -2.62. The first kappa shape index (κ1) is 21.0. The van der Waals surface area contributed by atoms with Gasteiger partial charge in [-0.1, -0.05) is 12.1 Å². The molecule has 1 aromatic heterocycles. The molecule has 1 aromatic carbocycles. The molecule has 3 aliphatic carbocycles. The van der Waals surface area contributed by atoms with Gasteiger partial charge in [-0.25, -0.2) is 9.48 Å². The molecular formula is C25H31N3O4. The number of rotatable bonds is 4. The molecule has 7 heteroatoms. The molecule has 0 unspecified atom stereocenters. The van der Waals surface area contributed by atoms with E-state index in [1.165, 1.54) is 31.9 Å². The highest BCUT2D eigenvalue weighted by atomic mass is 16.6. The second-order valence-electron chi connectivity index (χ2n) is 10.5. The summed E-state index contributed by atoms with van der Waals surface area (Å²) in [6.45, 7) is 6.50. The van der Waals surface area contributed by atoms with Gasteiger partial charge in [0.1, 0.15) is 5.60 Å². The minimum atomic E-state index is -0.557. The van der Waals surface area contributed by atoms with Crippen LogP contribution in [-0.2, 0) is 39.1 Å². The van der Waals surface area contributed by atoms with Crippen LogP contribution in [0.5, 0.6) is 0 Å². The van der Waals surface area contributed by atoms with Gasteiger partial charge in [-0.05, 0) is 69.1 Å². The maximum absolute atomic E-state index is 12.6. The van der Waals surface area contributed by atoms with Gasteiger partial charge in [0.25, 0.3) is 0 Å². The molecular weight excluding hydrogens is 406 g/mol. The summed E-state index contributed by atoms with van der Waals surface area (Å²) in [5, 5.41) is 4.79. The van der Waals surface area contributed by atoms with E-state index >= 15 is 0 Å². The Morgan fingerprint density at radius 2 is 1.84 bits per heavy atom. The summed E-state index contributed by atoms with van der Waals surface area (Å²) in [5.41, 5.74) is 4.89. The molecule has 2 aromatic rings. The number of aromatic nitrogens is 2. The second kappa shape index (κ2) is 7.36. The van der Waals surface area contributed by atoms with E-state index in [1.807, 2.05) is 25.5 Å². The topological polar surface area (TPSA) is 73.7 Å². The predicted molar refractivity (Wildman–Crippen MR) is 119 cm³/mol. The zero-order valence-corrected chi connectivity index (χ0v) is 19.3. The minimum absolute atomic E-state index is 0.0799. The standard InChI is InChI=1S/C25H31N3O4/c1-24(2,3)32-23(30)27-10-9-21-19(15-27)20(11-22(29)31-4)26-28(21)18-7-5-17(6-8-18)25-12-16(13-25)14-25/h5-8,16H,9-15H2,1-4H3. The number of amides is 1. The molecule has 0 radical (unpaired) electrons. The van der Waals surface area contributed by atoms with E-state index in [-0.39, 0.29) is 18.5 Å². The second-order valence-corrected chi connectivity index (χ2v) is 10.5. The SMILES string of the molecule is COC(=O)Cc1nn(-c2ccc(C34CC(C3)C4)cc2)c2c1CN(C(=O)OC(C)(C)C)CC2. The number of carbonyl (C=O) groups excluding carboxylic acids is 2. The number of hydrogen-bond acceptors (Lipinski definition) is 5. The van der Waals surface area contributed by atoms with Crippen molar-refractivity contribution in [1.82, 2.24) is 14.7 Å². The van der Waals surface area contributed by atoms with Crippen molar-refractivity contribution in [2.45, 2.75) is 70.4 Å². The molecule has 3 saturated carbocycles. The monoisotopic (exact) mass is 437 g/mol. The van der Waals surface area contributed by atoms with Crippen LogP contribution in [0, 0.1) is 5.92 Å². The van der Waals surface area contributed by atoms with Crippen LogP contribution < -0.4 is 0 Å². The molecule has 0 atom stereocenters. The van der Waals surface area contributed by atoms with E-state index in [1.54, 1.807) is 4.90 Å². The number of esters is 1. The lowest BCUT2D eigenvalue weighted by Crippen LogP contribution is -2.55. The number of ether oxygens (including phenoxy) is 2. The summed E-state index contributed by atoms with van der Waals surface area (Å²) in [4.78, 5) is 26.4. The summed E-state index contributed by atoms with van der Waals surface area (Å²) < 4.78 is 12.4. The lowest BCUT2D eigenvalue weighted by molar-refractivity contribution is -0.139. The number of methoxy groups -OCH3 is 1. The average molecular weight is 438 g/mol. The highest BCUT2D eigenvalue weighted by Gasteiger charge is 2.57. The Labute approximate surface area is 188 Å². The van der Waals surface area contributed by atoms with Gasteiger partial charge >= 0.3 is 12.1 Å². The molecule has 3 fully saturated rings. The van der Waals surface area contributed by atoms with Crippen LogP contribution in [0.25, 0.3) is 5.69 Å². The third kappa shape index (κ3) is 3.57. The number of benzene rings is 1. The number of nitrogens with zero attached hydrogens (tertiary/aromatic N) is 3. The van der Waals surface area contributed by atoms with Crippen molar-refractivity contribution in [3.8, 4) is 5.69 Å². The molecule has 32 heavy (non-hydrogen) atoms. The Kier molecular flexibility index (Phi) is 4.84. The van der Waals surface area contributed by atoms with Gasteiger partial charge in [0.2, 0.25) is 0 Å². The fourth-order valence-electron chi connectivity index (χ4n) is 5.32. The fourth-order valence-corrected chi connectivity index (χ4v) is 5.32. The maximum Gasteiger partial charge on any atom is 0.410 e. The van der Waals surface area contributed by atoms with E-state index in [0.29, 0.717) is 30.6 Å². The van der Waals surface area contributed by atoms with Crippen LogP contribution in [0.15, 0.2) is 24.3 Å². The van der Waals surface area contributed by atoms with Crippen LogP contribution in [-0.4, -0.2) is 46.0 Å². The van der Waals surface area contributed by atoms with Crippen molar-refractivity contribution in [3.63, 3.8) is 0 Å². The summed E-state index contributed by atoms with van der Waals surface area (Å²) in [6.07, 6.45) is 4.36. The van der Waals surface area contributed by atoms with Gasteiger partial charge in [0, 0.05) is 18.5 Å². The highest BCUT2D eigenvalue weighted by Crippen LogP contribution is 2.65. The smallest absolute Gasteiger partial charge is 0.410 e. The van der Waals surface area contributed by atoms with Gasteiger partial charge in [-0.2, -0.15) is 5.10 Å². The highest BCUT2D eigenvalue weighted by molar-refractivity contribution is 5.73. The largest absolute Gasteiger partial charge is 0.469 e. The van der Waals surface area contributed by atoms with E-state index in [2.05, 4.69) is 24.3 Å². The fraction of sp³-hybridized carbons (Fsp3) is 0.560. The minimum Gasteiger partial charge on any atom is -0.469 e. The van der Waals surface area contributed by atoms with Gasteiger partial charge < -0.3 is 14.4 Å². The molecule has 0 N–H and O–H groups in total. The summed E-state index contributed by atoms with van der Waals surface area (Å²) in [5.74, 6) is 0.604. The van der Waals surface area contributed by atoms with Crippen LogP contribution in [0.1, 0.15) is 62.5 Å². The number of fused-ring (bicyclic) bond motifs is 1. The van der Waals surface area contributed by atoms with E-state index < -0.39 is 5.60 Å². The Hall–Kier alpha value is -2.83.